The quantitative estimate of drug-likeness (QED) is 0.330. The van der Waals surface area contributed by atoms with Gasteiger partial charge in [0.05, 0.1) is 26.4 Å². The summed E-state index contributed by atoms with van der Waals surface area (Å²) in [5.41, 5.74) is 1.15. The molecule has 126 valence electrons. The second kappa shape index (κ2) is 13.0. The van der Waals surface area contributed by atoms with Crippen molar-refractivity contribution in [1.29, 1.82) is 0 Å². The Labute approximate surface area is 132 Å². The molecule has 0 amide bonds. The number of hydrogen-bond acceptors (Lipinski definition) is 6. The second-order valence-electron chi connectivity index (χ2n) is 4.44. The zero-order valence-corrected chi connectivity index (χ0v) is 13.8. The first-order valence-electron chi connectivity index (χ1n) is 7.28. The van der Waals surface area contributed by atoms with Crippen molar-refractivity contribution in [3.8, 4) is 0 Å². The van der Waals surface area contributed by atoms with Crippen molar-refractivity contribution >= 4 is 11.9 Å². The Balaban J connectivity index is 3.38. The van der Waals surface area contributed by atoms with E-state index in [0.717, 1.165) is 0 Å². The summed E-state index contributed by atoms with van der Waals surface area (Å²) < 4.78 is 20.4. The molecule has 0 fully saturated rings. The van der Waals surface area contributed by atoms with Gasteiger partial charge in [0.25, 0.3) is 0 Å². The maximum absolute atomic E-state index is 11.3. The number of rotatable bonds is 11. The molecule has 0 aliphatic carbocycles. The third-order valence-corrected chi connectivity index (χ3v) is 2.80. The highest BCUT2D eigenvalue weighted by molar-refractivity contribution is 5.87. The summed E-state index contributed by atoms with van der Waals surface area (Å²) in [7, 11) is 0. The minimum atomic E-state index is -0.333. The summed E-state index contributed by atoms with van der Waals surface area (Å²) in [6, 6.07) is 0. The molecule has 0 spiro atoms. The van der Waals surface area contributed by atoms with Gasteiger partial charge in [-0.15, -0.1) is 0 Å². The van der Waals surface area contributed by atoms with E-state index in [1.807, 2.05) is 0 Å². The van der Waals surface area contributed by atoms with E-state index in [0.29, 0.717) is 37.6 Å². The van der Waals surface area contributed by atoms with Crippen molar-refractivity contribution in [2.75, 3.05) is 39.6 Å². The highest BCUT2D eigenvalue weighted by atomic mass is 16.6. The molecule has 0 aromatic rings. The third-order valence-electron chi connectivity index (χ3n) is 2.80. The summed E-state index contributed by atoms with van der Waals surface area (Å²) in [6.07, 6.45) is 3.39. The minimum absolute atomic E-state index is 0.213. The first-order chi connectivity index (χ1) is 10.5. The van der Waals surface area contributed by atoms with Crippen LogP contribution in [0.3, 0.4) is 0 Å². The average Bonchev–Trinajstić information content (AvgIpc) is 2.54. The van der Waals surface area contributed by atoms with Gasteiger partial charge in [-0.05, 0) is 27.7 Å². The molecule has 0 N–H and O–H groups in total. The van der Waals surface area contributed by atoms with E-state index in [9.17, 15) is 9.59 Å². The molecule has 0 aromatic carbocycles. The summed E-state index contributed by atoms with van der Waals surface area (Å²) >= 11 is 0. The van der Waals surface area contributed by atoms with Crippen LogP contribution in [0.1, 0.15) is 27.7 Å². The molecule has 22 heavy (non-hydrogen) atoms. The van der Waals surface area contributed by atoms with Gasteiger partial charge in [-0.3, -0.25) is 0 Å². The fraction of sp³-hybridized carbons (Fsp3) is 0.625. The number of ether oxygens (including phenoxy) is 4. The number of carbonyl (C=O) groups excluding carboxylic acids is 2. The van der Waals surface area contributed by atoms with Gasteiger partial charge in [-0.2, -0.15) is 0 Å². The molecule has 0 aromatic heterocycles. The maximum atomic E-state index is 11.3. The Morgan fingerprint density at radius 3 is 1.32 bits per heavy atom. The van der Waals surface area contributed by atoms with Crippen molar-refractivity contribution in [3.05, 3.63) is 23.3 Å². The summed E-state index contributed by atoms with van der Waals surface area (Å²) in [4.78, 5) is 22.6. The number of esters is 2. The van der Waals surface area contributed by atoms with Crippen LogP contribution in [-0.2, 0) is 28.5 Å². The van der Waals surface area contributed by atoms with Crippen LogP contribution in [0.5, 0.6) is 0 Å². The second-order valence-corrected chi connectivity index (χ2v) is 4.44. The number of allylic oxidation sites excluding steroid dienone is 2. The molecule has 0 aliphatic rings. The molecule has 0 saturated heterocycles. The van der Waals surface area contributed by atoms with Crippen molar-refractivity contribution in [3.63, 3.8) is 0 Å². The van der Waals surface area contributed by atoms with Gasteiger partial charge < -0.3 is 18.9 Å². The highest BCUT2D eigenvalue weighted by Crippen LogP contribution is 1.96. The van der Waals surface area contributed by atoms with Crippen LogP contribution in [0.2, 0.25) is 0 Å². The van der Waals surface area contributed by atoms with Crippen LogP contribution >= 0.6 is 0 Å². The predicted molar refractivity (Wildman–Crippen MR) is 82.4 cm³/mol. The van der Waals surface area contributed by atoms with Gasteiger partial charge in [-0.1, -0.05) is 12.2 Å². The molecule has 6 nitrogen and oxygen atoms in total. The fourth-order valence-electron chi connectivity index (χ4n) is 1.17. The van der Waals surface area contributed by atoms with E-state index in [4.69, 9.17) is 18.9 Å². The van der Waals surface area contributed by atoms with Gasteiger partial charge in [0.2, 0.25) is 0 Å². The van der Waals surface area contributed by atoms with Crippen molar-refractivity contribution in [2.24, 2.45) is 0 Å². The van der Waals surface area contributed by atoms with Crippen LogP contribution in [0.15, 0.2) is 23.3 Å². The van der Waals surface area contributed by atoms with Crippen LogP contribution in [0, 0.1) is 0 Å². The number of carbonyl (C=O) groups is 2. The van der Waals surface area contributed by atoms with E-state index in [2.05, 4.69) is 0 Å². The van der Waals surface area contributed by atoms with Crippen LogP contribution in [0.25, 0.3) is 0 Å². The first kappa shape index (κ1) is 20.3. The summed E-state index contributed by atoms with van der Waals surface area (Å²) in [5, 5.41) is 0. The Hall–Kier alpha value is -1.66. The Kier molecular flexibility index (Phi) is 12.1. The van der Waals surface area contributed by atoms with Crippen LogP contribution in [0.4, 0.5) is 0 Å². The average molecular weight is 314 g/mol. The molecule has 6 heteroatoms. The number of hydrogen-bond donors (Lipinski definition) is 0. The molecule has 0 bridgehead atoms. The Bertz CT molecular complexity index is 359. The molecular weight excluding hydrogens is 288 g/mol. The van der Waals surface area contributed by atoms with E-state index in [1.54, 1.807) is 39.8 Å². The molecule has 0 heterocycles. The zero-order valence-electron chi connectivity index (χ0n) is 13.8. The standard InChI is InChI=1S/C16H26O6/c1-5-13(3)15(17)21-11-9-19-7-8-20-10-12-22-16(18)14(4)6-2/h5-6H,7-12H2,1-4H3/b13-5+,14-6+. The molecular formula is C16H26O6. The van der Waals surface area contributed by atoms with Crippen molar-refractivity contribution in [2.45, 2.75) is 27.7 Å². The van der Waals surface area contributed by atoms with E-state index in [-0.39, 0.29) is 25.2 Å². The third kappa shape index (κ3) is 10.1. The Morgan fingerprint density at radius 2 is 1.00 bits per heavy atom. The molecule has 0 unspecified atom stereocenters. The molecule has 0 radical (unpaired) electrons. The fourth-order valence-corrected chi connectivity index (χ4v) is 1.17. The van der Waals surface area contributed by atoms with E-state index >= 15 is 0 Å². The highest BCUT2D eigenvalue weighted by Gasteiger charge is 2.04. The molecule has 0 saturated carbocycles. The lowest BCUT2D eigenvalue weighted by Gasteiger charge is -2.07. The van der Waals surface area contributed by atoms with Crippen LogP contribution in [-0.4, -0.2) is 51.6 Å². The largest absolute Gasteiger partial charge is 0.460 e. The first-order valence-corrected chi connectivity index (χ1v) is 7.28. The lowest BCUT2D eigenvalue weighted by Crippen LogP contribution is -2.15. The van der Waals surface area contributed by atoms with Crippen molar-refractivity contribution < 1.29 is 28.5 Å². The molecule has 0 atom stereocenters. The monoisotopic (exact) mass is 314 g/mol. The van der Waals surface area contributed by atoms with E-state index < -0.39 is 0 Å². The Morgan fingerprint density at radius 1 is 0.682 bits per heavy atom. The summed E-state index contributed by atoms with van der Waals surface area (Å²) in [5.74, 6) is -0.666. The van der Waals surface area contributed by atoms with Gasteiger partial charge >= 0.3 is 11.9 Å². The summed E-state index contributed by atoms with van der Waals surface area (Å²) in [6.45, 7) is 8.80. The van der Waals surface area contributed by atoms with Gasteiger partial charge in [0.1, 0.15) is 13.2 Å². The van der Waals surface area contributed by atoms with Gasteiger partial charge in [0.15, 0.2) is 0 Å². The maximum Gasteiger partial charge on any atom is 0.333 e. The topological polar surface area (TPSA) is 71.1 Å². The van der Waals surface area contributed by atoms with Crippen LogP contribution < -0.4 is 0 Å². The predicted octanol–water partition coefficient (Wildman–Crippen LogP) is 2.04. The van der Waals surface area contributed by atoms with Gasteiger partial charge in [0, 0.05) is 11.1 Å². The van der Waals surface area contributed by atoms with E-state index in [1.165, 1.54) is 0 Å². The lowest BCUT2D eigenvalue weighted by molar-refractivity contribution is -0.142. The molecule has 0 rings (SSSR count). The van der Waals surface area contributed by atoms with Gasteiger partial charge in [-0.25, -0.2) is 9.59 Å². The minimum Gasteiger partial charge on any atom is -0.460 e. The smallest absolute Gasteiger partial charge is 0.333 e. The zero-order chi connectivity index (χ0) is 16.8. The SMILES string of the molecule is C/C=C(\C)C(=O)OCCOCCOCCOC(=O)/C(C)=C/C. The normalized spacial score (nSPS) is 12.2. The molecule has 0 aliphatic heterocycles. The lowest BCUT2D eigenvalue weighted by atomic mass is 10.3. The van der Waals surface area contributed by atoms with Crippen molar-refractivity contribution in [1.82, 2.24) is 0 Å².